The van der Waals surface area contributed by atoms with Crippen LogP contribution in [0.3, 0.4) is 0 Å². The molecule has 0 amide bonds. The first-order valence-corrected chi connectivity index (χ1v) is 10.4. The van der Waals surface area contributed by atoms with Crippen molar-refractivity contribution in [2.75, 3.05) is 12.0 Å². The minimum absolute atomic E-state index is 0.0258. The van der Waals surface area contributed by atoms with Gasteiger partial charge in [0.05, 0.1) is 24.7 Å². The number of halogens is 1. The Kier molecular flexibility index (Phi) is 8.03. The first-order valence-electron chi connectivity index (χ1n) is 10.0. The topological polar surface area (TPSA) is 68.5 Å². The Balaban J connectivity index is 1.57. The third kappa shape index (κ3) is 5.94. The average Bonchev–Trinajstić information content (AvgIpc) is 2.78. The second kappa shape index (κ2) is 11.2. The SMILES string of the molecule is CCCCCCOc1ccc(/C=N/Nc2cnn(-c3ccccc3)c(=O)c2Cl)cc1. The van der Waals surface area contributed by atoms with E-state index >= 15 is 0 Å². The zero-order valence-electron chi connectivity index (χ0n) is 16.9. The fraction of sp³-hybridized carbons (Fsp3) is 0.261. The molecule has 0 aliphatic heterocycles. The molecule has 0 atom stereocenters. The summed E-state index contributed by atoms with van der Waals surface area (Å²) in [5.41, 5.74) is 4.25. The first kappa shape index (κ1) is 21.6. The van der Waals surface area contributed by atoms with Crippen molar-refractivity contribution >= 4 is 23.5 Å². The molecule has 0 saturated heterocycles. The van der Waals surface area contributed by atoms with Crippen LogP contribution < -0.4 is 15.7 Å². The maximum absolute atomic E-state index is 12.5. The van der Waals surface area contributed by atoms with E-state index in [1.807, 2.05) is 42.5 Å². The van der Waals surface area contributed by atoms with Crippen molar-refractivity contribution < 1.29 is 4.74 Å². The molecule has 1 heterocycles. The molecule has 6 nitrogen and oxygen atoms in total. The van der Waals surface area contributed by atoms with E-state index in [-0.39, 0.29) is 5.02 Å². The van der Waals surface area contributed by atoms with Gasteiger partial charge in [0.1, 0.15) is 16.5 Å². The van der Waals surface area contributed by atoms with E-state index in [2.05, 4.69) is 22.5 Å². The lowest BCUT2D eigenvalue weighted by molar-refractivity contribution is 0.305. The van der Waals surface area contributed by atoms with E-state index in [1.165, 1.54) is 30.1 Å². The summed E-state index contributed by atoms with van der Waals surface area (Å²) in [6.07, 6.45) is 7.84. The number of aromatic nitrogens is 2. The minimum Gasteiger partial charge on any atom is -0.494 e. The molecule has 156 valence electrons. The van der Waals surface area contributed by atoms with Gasteiger partial charge in [-0.2, -0.15) is 14.9 Å². The third-order valence-electron chi connectivity index (χ3n) is 4.47. The summed E-state index contributed by atoms with van der Waals surface area (Å²) in [7, 11) is 0. The Morgan fingerprint density at radius 3 is 2.60 bits per heavy atom. The summed E-state index contributed by atoms with van der Waals surface area (Å²) in [4.78, 5) is 12.5. The molecule has 30 heavy (non-hydrogen) atoms. The standard InChI is InChI=1S/C23H25ClN4O2/c1-2-3-4-8-15-30-20-13-11-18(12-14-20)16-25-27-21-17-26-28(23(29)22(21)24)19-9-6-5-7-10-19/h5-7,9-14,16-17,27H,2-4,8,15H2,1H3/b25-16+. The number of unbranched alkanes of at least 4 members (excludes halogenated alkanes) is 3. The summed E-state index contributed by atoms with van der Waals surface area (Å²) >= 11 is 6.20. The van der Waals surface area contributed by atoms with Crippen molar-refractivity contribution in [3.8, 4) is 11.4 Å². The highest BCUT2D eigenvalue weighted by atomic mass is 35.5. The van der Waals surface area contributed by atoms with E-state index in [9.17, 15) is 4.79 Å². The van der Waals surface area contributed by atoms with Crippen LogP contribution in [-0.4, -0.2) is 22.6 Å². The number of nitrogens with one attached hydrogen (secondary N) is 1. The molecule has 0 fully saturated rings. The fourth-order valence-corrected chi connectivity index (χ4v) is 2.98. The molecular weight excluding hydrogens is 400 g/mol. The highest BCUT2D eigenvalue weighted by molar-refractivity contribution is 6.32. The smallest absolute Gasteiger partial charge is 0.292 e. The van der Waals surface area contributed by atoms with Crippen LogP contribution >= 0.6 is 11.6 Å². The molecule has 0 aliphatic rings. The van der Waals surface area contributed by atoms with Gasteiger partial charge in [0.25, 0.3) is 5.56 Å². The number of benzene rings is 2. The maximum atomic E-state index is 12.5. The van der Waals surface area contributed by atoms with Crippen LogP contribution in [0.2, 0.25) is 5.02 Å². The normalized spacial score (nSPS) is 11.0. The van der Waals surface area contributed by atoms with Crippen molar-refractivity contribution in [3.63, 3.8) is 0 Å². The van der Waals surface area contributed by atoms with Crippen molar-refractivity contribution in [2.24, 2.45) is 5.10 Å². The predicted octanol–water partition coefficient (Wildman–Crippen LogP) is 5.29. The van der Waals surface area contributed by atoms with Gasteiger partial charge in [0.15, 0.2) is 0 Å². The lowest BCUT2D eigenvalue weighted by Crippen LogP contribution is -2.22. The van der Waals surface area contributed by atoms with Crippen LogP contribution in [0.25, 0.3) is 5.69 Å². The molecule has 0 bridgehead atoms. The number of hydrogen-bond acceptors (Lipinski definition) is 5. The van der Waals surface area contributed by atoms with Crippen LogP contribution in [0.15, 0.2) is 70.7 Å². The summed E-state index contributed by atoms with van der Waals surface area (Å²) in [6.45, 7) is 2.92. The number of hydrogen-bond donors (Lipinski definition) is 1. The van der Waals surface area contributed by atoms with Crippen LogP contribution in [0, 0.1) is 0 Å². The number of anilines is 1. The van der Waals surface area contributed by atoms with E-state index in [1.54, 1.807) is 18.3 Å². The molecule has 0 aliphatic carbocycles. The fourth-order valence-electron chi connectivity index (χ4n) is 2.81. The molecule has 3 aromatic rings. The lowest BCUT2D eigenvalue weighted by atomic mass is 10.2. The zero-order valence-corrected chi connectivity index (χ0v) is 17.7. The Morgan fingerprint density at radius 2 is 1.87 bits per heavy atom. The van der Waals surface area contributed by atoms with Crippen molar-refractivity contribution in [2.45, 2.75) is 32.6 Å². The molecule has 0 saturated carbocycles. The van der Waals surface area contributed by atoms with Gasteiger partial charge in [-0.3, -0.25) is 10.2 Å². The minimum atomic E-state index is -0.413. The Labute approximate surface area is 181 Å². The number of rotatable bonds is 10. The highest BCUT2D eigenvalue weighted by Gasteiger charge is 2.09. The summed E-state index contributed by atoms with van der Waals surface area (Å²) in [5.74, 6) is 0.841. The molecule has 0 radical (unpaired) electrons. The van der Waals surface area contributed by atoms with E-state index in [0.717, 1.165) is 24.3 Å². The predicted molar refractivity (Wildman–Crippen MR) is 122 cm³/mol. The van der Waals surface area contributed by atoms with Gasteiger partial charge in [0.2, 0.25) is 0 Å². The monoisotopic (exact) mass is 424 g/mol. The highest BCUT2D eigenvalue weighted by Crippen LogP contribution is 2.17. The van der Waals surface area contributed by atoms with E-state index in [4.69, 9.17) is 16.3 Å². The Hall–Kier alpha value is -3.12. The summed E-state index contributed by atoms with van der Waals surface area (Å²) in [5, 5.41) is 8.34. The molecule has 2 aromatic carbocycles. The van der Waals surface area contributed by atoms with Gasteiger partial charge in [-0.25, -0.2) is 0 Å². The first-order chi connectivity index (χ1) is 14.7. The largest absolute Gasteiger partial charge is 0.494 e. The van der Waals surface area contributed by atoms with Crippen LogP contribution in [-0.2, 0) is 0 Å². The number of ether oxygens (including phenoxy) is 1. The Morgan fingerprint density at radius 1 is 1.10 bits per heavy atom. The van der Waals surface area contributed by atoms with Crippen molar-refractivity contribution in [1.82, 2.24) is 9.78 Å². The van der Waals surface area contributed by atoms with Gasteiger partial charge < -0.3 is 4.74 Å². The van der Waals surface area contributed by atoms with Gasteiger partial charge in [-0.05, 0) is 48.4 Å². The Bertz CT molecular complexity index is 1020. The van der Waals surface area contributed by atoms with E-state index in [0.29, 0.717) is 11.4 Å². The van der Waals surface area contributed by atoms with E-state index < -0.39 is 5.56 Å². The van der Waals surface area contributed by atoms with Crippen molar-refractivity contribution in [3.05, 3.63) is 81.7 Å². The molecule has 7 heteroatoms. The van der Waals surface area contributed by atoms with Crippen molar-refractivity contribution in [1.29, 1.82) is 0 Å². The molecular formula is C23H25ClN4O2. The molecule has 1 N–H and O–H groups in total. The van der Waals surface area contributed by atoms with Crippen LogP contribution in [0.5, 0.6) is 5.75 Å². The molecule has 0 spiro atoms. The summed E-state index contributed by atoms with van der Waals surface area (Å²) in [6, 6.07) is 16.8. The third-order valence-corrected chi connectivity index (χ3v) is 4.83. The maximum Gasteiger partial charge on any atom is 0.292 e. The number of nitrogens with zero attached hydrogens (tertiary/aromatic N) is 3. The lowest BCUT2D eigenvalue weighted by Gasteiger charge is -2.07. The summed E-state index contributed by atoms with van der Waals surface area (Å²) < 4.78 is 6.98. The number of para-hydroxylation sites is 1. The van der Waals surface area contributed by atoms with Gasteiger partial charge >= 0.3 is 0 Å². The molecule has 0 unspecified atom stereocenters. The van der Waals surface area contributed by atoms with Crippen LogP contribution in [0.4, 0.5) is 5.69 Å². The van der Waals surface area contributed by atoms with Crippen LogP contribution in [0.1, 0.15) is 38.2 Å². The molecule has 3 rings (SSSR count). The quantitative estimate of drug-likeness (QED) is 0.272. The van der Waals surface area contributed by atoms with Gasteiger partial charge in [-0.1, -0.05) is 56.0 Å². The van der Waals surface area contributed by atoms with Gasteiger partial charge in [0, 0.05) is 0 Å². The average molecular weight is 425 g/mol. The second-order valence-electron chi connectivity index (χ2n) is 6.77. The molecule has 1 aromatic heterocycles. The number of hydrazone groups is 1. The van der Waals surface area contributed by atoms with Gasteiger partial charge in [-0.15, -0.1) is 0 Å². The zero-order chi connectivity index (χ0) is 21.2. The second-order valence-corrected chi connectivity index (χ2v) is 7.15.